The minimum absolute atomic E-state index is 0.00908. The van der Waals surface area contributed by atoms with Crippen molar-refractivity contribution in [2.75, 3.05) is 7.05 Å². The standard InChI is InChI=1S/C12H14BrNO5S/c1-8-9(3-4-18-8)6-14(2)20(16,17)11-5-10(7-15)19-12(11)13/h3-5,15H,6-7H2,1-2H3. The Hall–Kier alpha value is -1.09. The van der Waals surface area contributed by atoms with Gasteiger partial charge in [0.25, 0.3) is 0 Å². The number of hydrogen-bond acceptors (Lipinski definition) is 5. The molecule has 20 heavy (non-hydrogen) atoms. The van der Waals surface area contributed by atoms with Gasteiger partial charge in [0.15, 0.2) is 4.67 Å². The highest BCUT2D eigenvalue weighted by Gasteiger charge is 2.27. The minimum atomic E-state index is -3.71. The summed E-state index contributed by atoms with van der Waals surface area (Å²) in [6.07, 6.45) is 1.52. The van der Waals surface area contributed by atoms with E-state index in [4.69, 9.17) is 13.9 Å². The van der Waals surface area contributed by atoms with Crippen LogP contribution in [0, 0.1) is 6.92 Å². The smallest absolute Gasteiger partial charge is 0.247 e. The van der Waals surface area contributed by atoms with E-state index < -0.39 is 10.0 Å². The van der Waals surface area contributed by atoms with Gasteiger partial charge in [-0.3, -0.25) is 0 Å². The highest BCUT2D eigenvalue weighted by molar-refractivity contribution is 9.10. The van der Waals surface area contributed by atoms with Crippen molar-refractivity contribution in [1.82, 2.24) is 4.31 Å². The van der Waals surface area contributed by atoms with Crippen LogP contribution in [0.25, 0.3) is 0 Å². The van der Waals surface area contributed by atoms with Crippen molar-refractivity contribution in [2.24, 2.45) is 0 Å². The van der Waals surface area contributed by atoms with Gasteiger partial charge >= 0.3 is 0 Å². The zero-order chi connectivity index (χ0) is 14.9. The van der Waals surface area contributed by atoms with Crippen LogP contribution >= 0.6 is 15.9 Å². The van der Waals surface area contributed by atoms with E-state index in [1.807, 2.05) is 0 Å². The average molecular weight is 364 g/mol. The van der Waals surface area contributed by atoms with Crippen molar-refractivity contribution in [3.05, 3.63) is 40.1 Å². The second-order valence-electron chi connectivity index (χ2n) is 4.27. The van der Waals surface area contributed by atoms with Gasteiger partial charge in [-0.1, -0.05) is 0 Å². The Morgan fingerprint density at radius 2 is 2.15 bits per heavy atom. The van der Waals surface area contributed by atoms with E-state index in [9.17, 15) is 8.42 Å². The highest BCUT2D eigenvalue weighted by atomic mass is 79.9. The maximum absolute atomic E-state index is 12.4. The molecule has 0 aromatic carbocycles. The number of rotatable bonds is 5. The molecule has 0 saturated heterocycles. The first-order chi connectivity index (χ1) is 9.36. The van der Waals surface area contributed by atoms with Crippen LogP contribution in [0.15, 0.2) is 36.8 Å². The molecule has 8 heteroatoms. The molecule has 0 aliphatic rings. The summed E-state index contributed by atoms with van der Waals surface area (Å²) in [5, 5.41) is 8.99. The minimum Gasteiger partial charge on any atom is -0.469 e. The maximum Gasteiger partial charge on any atom is 0.247 e. The van der Waals surface area contributed by atoms with Crippen LogP contribution in [-0.4, -0.2) is 24.9 Å². The van der Waals surface area contributed by atoms with E-state index in [-0.39, 0.29) is 28.5 Å². The first kappa shape index (κ1) is 15.3. The summed E-state index contributed by atoms with van der Waals surface area (Å²) in [4.78, 5) is -0.00908. The maximum atomic E-state index is 12.4. The largest absolute Gasteiger partial charge is 0.469 e. The van der Waals surface area contributed by atoms with Gasteiger partial charge in [0.1, 0.15) is 23.0 Å². The number of nitrogens with zero attached hydrogens (tertiary/aromatic N) is 1. The van der Waals surface area contributed by atoms with Crippen LogP contribution in [0.3, 0.4) is 0 Å². The van der Waals surface area contributed by atoms with Gasteiger partial charge in [-0.05, 0) is 28.9 Å². The quantitative estimate of drug-likeness (QED) is 0.880. The summed E-state index contributed by atoms with van der Waals surface area (Å²) in [5.74, 6) is 0.859. The van der Waals surface area contributed by atoms with Gasteiger partial charge < -0.3 is 13.9 Å². The van der Waals surface area contributed by atoms with E-state index in [0.717, 1.165) is 5.56 Å². The Kier molecular flexibility index (Phi) is 4.38. The summed E-state index contributed by atoms with van der Waals surface area (Å²) in [6.45, 7) is 1.60. The van der Waals surface area contributed by atoms with Gasteiger partial charge in [-0.2, -0.15) is 4.31 Å². The number of halogens is 1. The van der Waals surface area contributed by atoms with E-state index in [2.05, 4.69) is 15.9 Å². The lowest BCUT2D eigenvalue weighted by Crippen LogP contribution is -2.26. The Bertz CT molecular complexity index is 703. The third-order valence-corrected chi connectivity index (χ3v) is 5.57. The van der Waals surface area contributed by atoms with E-state index in [1.54, 1.807) is 13.0 Å². The highest BCUT2D eigenvalue weighted by Crippen LogP contribution is 2.29. The molecule has 2 heterocycles. The Labute approximate surface area is 125 Å². The van der Waals surface area contributed by atoms with Gasteiger partial charge in [-0.15, -0.1) is 0 Å². The zero-order valence-corrected chi connectivity index (χ0v) is 13.4. The second kappa shape index (κ2) is 5.72. The van der Waals surface area contributed by atoms with Crippen LogP contribution in [0.1, 0.15) is 17.1 Å². The van der Waals surface area contributed by atoms with Gasteiger partial charge in [0, 0.05) is 25.2 Å². The summed E-state index contributed by atoms with van der Waals surface area (Å²) >= 11 is 3.05. The third-order valence-electron chi connectivity index (χ3n) is 2.91. The van der Waals surface area contributed by atoms with Crippen molar-refractivity contribution in [2.45, 2.75) is 25.0 Å². The molecule has 0 bridgehead atoms. The molecule has 0 atom stereocenters. The second-order valence-corrected chi connectivity index (χ2v) is 7.01. The molecule has 0 unspecified atom stereocenters. The van der Waals surface area contributed by atoms with Crippen LogP contribution in [-0.2, 0) is 23.2 Å². The fourth-order valence-electron chi connectivity index (χ4n) is 1.72. The summed E-state index contributed by atoms with van der Waals surface area (Å²) in [7, 11) is -2.24. The lowest BCUT2D eigenvalue weighted by Gasteiger charge is -2.15. The fourth-order valence-corrected chi connectivity index (χ4v) is 3.83. The van der Waals surface area contributed by atoms with Crippen LogP contribution < -0.4 is 0 Å². The first-order valence-electron chi connectivity index (χ1n) is 5.74. The Balaban J connectivity index is 2.29. The molecule has 1 N–H and O–H groups in total. The topological polar surface area (TPSA) is 83.9 Å². The summed E-state index contributed by atoms with van der Waals surface area (Å²) in [5.41, 5.74) is 0.790. The normalized spacial score (nSPS) is 12.2. The molecule has 0 saturated carbocycles. The van der Waals surface area contributed by atoms with Crippen molar-refractivity contribution >= 4 is 26.0 Å². The van der Waals surface area contributed by atoms with Crippen molar-refractivity contribution < 1.29 is 22.4 Å². The SMILES string of the molecule is Cc1occc1CN(C)S(=O)(=O)c1cc(CO)oc1Br. The molecule has 0 aliphatic heterocycles. The molecule has 2 aromatic heterocycles. The predicted octanol–water partition coefficient (Wildman–Crippen LogP) is 2.26. The fraction of sp³-hybridized carbons (Fsp3) is 0.333. The zero-order valence-electron chi connectivity index (χ0n) is 11.0. The number of aryl methyl sites for hydroxylation is 1. The molecule has 110 valence electrons. The van der Waals surface area contributed by atoms with Crippen molar-refractivity contribution in [3.8, 4) is 0 Å². The Morgan fingerprint density at radius 1 is 1.45 bits per heavy atom. The van der Waals surface area contributed by atoms with Crippen molar-refractivity contribution in [3.63, 3.8) is 0 Å². The number of furan rings is 2. The van der Waals surface area contributed by atoms with E-state index in [1.165, 1.54) is 23.7 Å². The molecule has 0 spiro atoms. The lowest BCUT2D eigenvalue weighted by atomic mass is 10.3. The molecule has 0 amide bonds. The van der Waals surface area contributed by atoms with E-state index >= 15 is 0 Å². The number of hydrogen-bond donors (Lipinski definition) is 1. The Morgan fingerprint density at radius 3 is 2.65 bits per heavy atom. The van der Waals surface area contributed by atoms with Crippen LogP contribution in [0.2, 0.25) is 0 Å². The van der Waals surface area contributed by atoms with Gasteiger partial charge in [0.2, 0.25) is 10.0 Å². The number of sulfonamides is 1. The van der Waals surface area contributed by atoms with Crippen LogP contribution in [0.5, 0.6) is 0 Å². The summed E-state index contributed by atoms with van der Waals surface area (Å²) in [6, 6.07) is 3.03. The third kappa shape index (κ3) is 2.83. The molecule has 2 rings (SSSR count). The summed E-state index contributed by atoms with van der Waals surface area (Å²) < 4.78 is 36.4. The average Bonchev–Trinajstić information content (AvgIpc) is 2.96. The molecule has 0 radical (unpaired) electrons. The predicted molar refractivity (Wildman–Crippen MR) is 74.4 cm³/mol. The van der Waals surface area contributed by atoms with E-state index in [0.29, 0.717) is 5.76 Å². The molecule has 6 nitrogen and oxygen atoms in total. The van der Waals surface area contributed by atoms with Gasteiger partial charge in [-0.25, -0.2) is 8.42 Å². The lowest BCUT2D eigenvalue weighted by molar-refractivity contribution is 0.245. The molecule has 2 aromatic rings. The number of aliphatic hydroxyl groups is 1. The molecular formula is C12H14BrNO5S. The monoisotopic (exact) mass is 363 g/mol. The van der Waals surface area contributed by atoms with Gasteiger partial charge in [0.05, 0.1) is 6.26 Å². The molecular weight excluding hydrogens is 350 g/mol. The van der Waals surface area contributed by atoms with Crippen molar-refractivity contribution in [1.29, 1.82) is 0 Å². The first-order valence-corrected chi connectivity index (χ1v) is 7.98. The molecule has 0 fully saturated rings. The molecule has 0 aliphatic carbocycles. The number of aliphatic hydroxyl groups excluding tert-OH is 1. The van der Waals surface area contributed by atoms with Crippen LogP contribution in [0.4, 0.5) is 0 Å².